The molecule has 0 aromatic heterocycles. The van der Waals surface area contributed by atoms with Crippen LogP contribution in [0.2, 0.25) is 0 Å². The van der Waals surface area contributed by atoms with Gasteiger partial charge in [-0.1, -0.05) is 27.7 Å². The van der Waals surface area contributed by atoms with Crippen molar-refractivity contribution in [2.45, 2.75) is 83.6 Å². The highest BCUT2D eigenvalue weighted by molar-refractivity contribution is 7.98. The fraction of sp³-hybridized carbons (Fsp3) is 0.792. The highest BCUT2D eigenvalue weighted by atomic mass is 32.2. The zero-order valence-corrected chi connectivity index (χ0v) is 23.2. The van der Waals surface area contributed by atoms with E-state index in [2.05, 4.69) is 16.0 Å². The molecule has 0 aromatic rings. The lowest BCUT2D eigenvalue weighted by molar-refractivity contribution is -0.150. The van der Waals surface area contributed by atoms with Gasteiger partial charge in [0.2, 0.25) is 23.6 Å². The Morgan fingerprint density at radius 1 is 1.00 bits per heavy atom. The number of aliphatic hydroxyl groups excluding tert-OH is 1. The Kier molecular flexibility index (Phi) is 13.9. The zero-order valence-electron chi connectivity index (χ0n) is 22.4. The Morgan fingerprint density at radius 2 is 1.62 bits per heavy atom. The minimum absolute atomic E-state index is 0.0126. The highest BCUT2D eigenvalue weighted by Crippen LogP contribution is 2.19. The van der Waals surface area contributed by atoms with Crippen LogP contribution in [0, 0.1) is 11.8 Å². The maximum absolute atomic E-state index is 13.1. The maximum atomic E-state index is 13.1. The van der Waals surface area contributed by atoms with Gasteiger partial charge in [-0.2, -0.15) is 11.8 Å². The van der Waals surface area contributed by atoms with E-state index in [1.165, 1.54) is 0 Å². The van der Waals surface area contributed by atoms with Crippen molar-refractivity contribution in [2.75, 3.05) is 25.2 Å². The number of aliphatic carboxylic acids is 1. The molecule has 1 aliphatic heterocycles. The molecule has 0 spiro atoms. The largest absolute Gasteiger partial charge is 0.480 e. The van der Waals surface area contributed by atoms with E-state index in [4.69, 9.17) is 5.73 Å². The first-order chi connectivity index (χ1) is 17.3. The topological polar surface area (TPSA) is 191 Å². The lowest BCUT2D eigenvalue weighted by atomic mass is 9.99. The molecule has 4 amide bonds. The summed E-state index contributed by atoms with van der Waals surface area (Å²) in [6, 6.07) is -5.12. The third kappa shape index (κ3) is 10.1. The standard InChI is InChI=1S/C24H43N5O7S/c1-13(2)11-16(26-22(33)19(14(3)4)28-20(31)15(25)8-10-37-5)21(32)27-17(12-30)23(34)29-9-6-7-18(29)24(35)36/h13-19,30H,6-12,25H2,1-5H3,(H,26,33)(H,27,32)(H,28,31)(H,35,36)/t15-,16-,17-,18-,19-/m0/s1. The van der Waals surface area contributed by atoms with Crippen LogP contribution in [0.25, 0.3) is 0 Å². The third-order valence-corrected chi connectivity index (χ3v) is 6.82. The fourth-order valence-electron chi connectivity index (χ4n) is 4.08. The minimum atomic E-state index is -1.35. The third-order valence-electron chi connectivity index (χ3n) is 6.17. The van der Waals surface area contributed by atoms with Gasteiger partial charge in [-0.3, -0.25) is 19.2 Å². The minimum Gasteiger partial charge on any atom is -0.480 e. The quantitative estimate of drug-likeness (QED) is 0.154. The Balaban J connectivity index is 2.96. The van der Waals surface area contributed by atoms with Gasteiger partial charge >= 0.3 is 5.97 Å². The molecule has 1 saturated heterocycles. The number of carbonyl (C=O) groups is 5. The Labute approximate surface area is 222 Å². The summed E-state index contributed by atoms with van der Waals surface area (Å²) in [5, 5.41) is 27.0. The van der Waals surface area contributed by atoms with Gasteiger partial charge in [0.05, 0.1) is 12.6 Å². The first-order valence-corrected chi connectivity index (χ1v) is 14.0. The van der Waals surface area contributed by atoms with Crippen LogP contribution >= 0.6 is 11.8 Å². The maximum Gasteiger partial charge on any atom is 0.326 e. The number of thioether (sulfide) groups is 1. The summed E-state index contributed by atoms with van der Waals surface area (Å²) in [6.07, 6.45) is 3.39. The number of nitrogens with zero attached hydrogens (tertiary/aromatic N) is 1. The van der Waals surface area contributed by atoms with Crippen molar-refractivity contribution in [3.63, 3.8) is 0 Å². The average Bonchev–Trinajstić information content (AvgIpc) is 3.32. The normalized spacial score (nSPS) is 18.7. The number of hydrogen-bond donors (Lipinski definition) is 6. The van der Waals surface area contributed by atoms with E-state index in [-0.39, 0.29) is 24.8 Å². The van der Waals surface area contributed by atoms with E-state index >= 15 is 0 Å². The van der Waals surface area contributed by atoms with Crippen LogP contribution in [-0.4, -0.2) is 100 Å². The number of rotatable bonds is 15. The van der Waals surface area contributed by atoms with Gasteiger partial charge in [-0.05, 0) is 49.5 Å². The smallest absolute Gasteiger partial charge is 0.326 e. The number of carboxylic acids is 1. The molecule has 0 aliphatic carbocycles. The Hall–Kier alpha value is -2.38. The van der Waals surface area contributed by atoms with Crippen LogP contribution < -0.4 is 21.7 Å². The molecule has 0 radical (unpaired) electrons. The van der Waals surface area contributed by atoms with Crippen LogP contribution in [0.5, 0.6) is 0 Å². The number of amides is 4. The summed E-state index contributed by atoms with van der Waals surface area (Å²) in [4.78, 5) is 64.3. The van der Waals surface area contributed by atoms with Crippen molar-refractivity contribution in [3.05, 3.63) is 0 Å². The van der Waals surface area contributed by atoms with E-state index in [0.29, 0.717) is 25.0 Å². The molecule has 1 rings (SSSR count). The zero-order chi connectivity index (χ0) is 28.3. The fourth-order valence-corrected chi connectivity index (χ4v) is 4.57. The van der Waals surface area contributed by atoms with Gasteiger partial charge < -0.3 is 36.8 Å². The predicted molar refractivity (Wildman–Crippen MR) is 141 cm³/mol. The van der Waals surface area contributed by atoms with Gasteiger partial charge in [-0.25, -0.2) is 4.79 Å². The number of carboxylic acid groups (broad SMARTS) is 1. The molecule has 0 unspecified atom stereocenters. The molecule has 12 nitrogen and oxygen atoms in total. The molecule has 0 aromatic carbocycles. The van der Waals surface area contributed by atoms with Crippen molar-refractivity contribution in [1.82, 2.24) is 20.9 Å². The highest BCUT2D eigenvalue weighted by Gasteiger charge is 2.38. The van der Waals surface area contributed by atoms with E-state index in [1.54, 1.807) is 25.6 Å². The van der Waals surface area contributed by atoms with Crippen LogP contribution in [0.15, 0.2) is 0 Å². The van der Waals surface area contributed by atoms with Gasteiger partial charge in [-0.15, -0.1) is 0 Å². The van der Waals surface area contributed by atoms with E-state index < -0.39 is 66.4 Å². The van der Waals surface area contributed by atoms with Gasteiger partial charge in [0.1, 0.15) is 24.2 Å². The van der Waals surface area contributed by atoms with Crippen LogP contribution in [0.3, 0.4) is 0 Å². The van der Waals surface area contributed by atoms with Crippen molar-refractivity contribution >= 4 is 41.4 Å². The van der Waals surface area contributed by atoms with E-state index in [9.17, 15) is 34.2 Å². The SMILES string of the molecule is CSCC[C@H](N)C(=O)N[C@H](C(=O)N[C@@H](CC(C)C)C(=O)N[C@@H](CO)C(=O)N1CCC[C@H]1C(=O)O)C(C)C. The Morgan fingerprint density at radius 3 is 2.14 bits per heavy atom. The first kappa shape index (κ1) is 32.6. The molecular weight excluding hydrogens is 502 g/mol. The molecule has 1 aliphatic rings. The number of hydrogen-bond acceptors (Lipinski definition) is 8. The molecule has 0 saturated carbocycles. The summed E-state index contributed by atoms with van der Waals surface area (Å²) in [5.74, 6) is -3.17. The predicted octanol–water partition coefficient (Wildman–Crippen LogP) is -0.709. The molecule has 7 N–H and O–H groups in total. The van der Waals surface area contributed by atoms with Crippen molar-refractivity contribution in [3.8, 4) is 0 Å². The number of nitrogens with one attached hydrogen (secondary N) is 3. The van der Waals surface area contributed by atoms with Crippen molar-refractivity contribution in [1.29, 1.82) is 0 Å². The summed E-state index contributed by atoms with van der Waals surface area (Å²) in [7, 11) is 0. The molecule has 212 valence electrons. The molecule has 13 heteroatoms. The van der Waals surface area contributed by atoms with E-state index in [1.807, 2.05) is 20.1 Å². The second-order valence-electron chi connectivity index (χ2n) is 10.1. The molecule has 1 heterocycles. The second kappa shape index (κ2) is 15.8. The Bertz CT molecular complexity index is 810. The summed E-state index contributed by atoms with van der Waals surface area (Å²) in [5.41, 5.74) is 5.93. The lowest BCUT2D eigenvalue weighted by Gasteiger charge is -2.29. The average molecular weight is 546 g/mol. The van der Waals surface area contributed by atoms with Crippen molar-refractivity contribution in [2.24, 2.45) is 17.6 Å². The number of carbonyl (C=O) groups excluding carboxylic acids is 4. The van der Waals surface area contributed by atoms with Gasteiger partial charge in [0, 0.05) is 6.54 Å². The summed E-state index contributed by atoms with van der Waals surface area (Å²) >= 11 is 1.56. The van der Waals surface area contributed by atoms with Crippen LogP contribution in [0.4, 0.5) is 0 Å². The summed E-state index contributed by atoms with van der Waals surface area (Å²) in [6.45, 7) is 6.71. The monoisotopic (exact) mass is 545 g/mol. The van der Waals surface area contributed by atoms with Gasteiger partial charge in [0.15, 0.2) is 0 Å². The molecule has 5 atom stereocenters. The number of likely N-dealkylation sites (tertiary alicyclic amines) is 1. The number of nitrogens with two attached hydrogens (primary N) is 1. The van der Waals surface area contributed by atoms with E-state index in [0.717, 1.165) is 4.90 Å². The first-order valence-electron chi connectivity index (χ1n) is 12.6. The summed E-state index contributed by atoms with van der Waals surface area (Å²) < 4.78 is 0. The van der Waals surface area contributed by atoms with Gasteiger partial charge in [0.25, 0.3) is 0 Å². The number of aliphatic hydroxyl groups is 1. The second-order valence-corrected chi connectivity index (χ2v) is 11.1. The lowest BCUT2D eigenvalue weighted by Crippen LogP contribution is -2.60. The van der Waals surface area contributed by atoms with Crippen LogP contribution in [-0.2, 0) is 24.0 Å². The molecule has 37 heavy (non-hydrogen) atoms. The van der Waals surface area contributed by atoms with Crippen molar-refractivity contribution < 1.29 is 34.2 Å². The molecule has 1 fully saturated rings. The molecule has 0 bridgehead atoms. The molecular formula is C24H43N5O7S. The van der Waals surface area contributed by atoms with Crippen LogP contribution in [0.1, 0.15) is 53.4 Å².